The first kappa shape index (κ1) is 14.2. The van der Waals surface area contributed by atoms with Gasteiger partial charge in [0.1, 0.15) is 5.82 Å². The second-order valence-electron chi connectivity index (χ2n) is 5.62. The first-order chi connectivity index (χ1) is 9.56. The molecular weight excluding hydrogens is 293 g/mol. The minimum Gasteiger partial charge on any atom is -0.323 e. The number of fused-ring (bicyclic) bond motifs is 1. The molecule has 3 nitrogen and oxygen atoms in total. The Labute approximate surface area is 129 Å². The Balaban J connectivity index is 2.10. The van der Waals surface area contributed by atoms with Crippen LogP contribution in [-0.4, -0.2) is 34.6 Å². The largest absolute Gasteiger partial charge is 0.323 e. The summed E-state index contributed by atoms with van der Waals surface area (Å²) >= 11 is 12.5. The molecule has 108 valence electrons. The van der Waals surface area contributed by atoms with Gasteiger partial charge in [-0.15, -0.1) is 11.6 Å². The molecule has 1 aromatic heterocycles. The highest BCUT2D eigenvalue weighted by atomic mass is 35.5. The van der Waals surface area contributed by atoms with Crippen molar-refractivity contribution in [2.45, 2.75) is 31.2 Å². The maximum atomic E-state index is 6.34. The predicted molar refractivity (Wildman–Crippen MR) is 84.8 cm³/mol. The van der Waals surface area contributed by atoms with Crippen molar-refractivity contribution < 1.29 is 0 Å². The van der Waals surface area contributed by atoms with Crippen molar-refractivity contribution in [1.82, 2.24) is 14.5 Å². The zero-order valence-electron chi connectivity index (χ0n) is 11.8. The second-order valence-corrected chi connectivity index (χ2v) is 6.71. The van der Waals surface area contributed by atoms with Gasteiger partial charge >= 0.3 is 0 Å². The Bertz CT molecular complexity index is 613. The summed E-state index contributed by atoms with van der Waals surface area (Å²) in [5.74, 6) is 0.957. The molecular formula is C15H19Cl2N3. The molecule has 0 amide bonds. The summed E-state index contributed by atoms with van der Waals surface area (Å²) in [5, 5.41) is 0.654. The molecule has 1 fully saturated rings. The minimum absolute atomic E-state index is 0.0965. The number of rotatable bonds is 2. The zero-order chi connectivity index (χ0) is 14.3. The van der Waals surface area contributed by atoms with Gasteiger partial charge < -0.3 is 9.47 Å². The molecule has 20 heavy (non-hydrogen) atoms. The normalized spacial score (nSPS) is 19.6. The number of hydrogen-bond acceptors (Lipinski definition) is 2. The van der Waals surface area contributed by atoms with Crippen molar-refractivity contribution in [2.75, 3.05) is 20.1 Å². The summed E-state index contributed by atoms with van der Waals surface area (Å²) in [6, 6.07) is 6.33. The highest BCUT2D eigenvalue weighted by Gasteiger charge is 2.24. The third kappa shape index (κ3) is 2.54. The van der Waals surface area contributed by atoms with E-state index in [0.29, 0.717) is 6.04 Å². The van der Waals surface area contributed by atoms with Gasteiger partial charge in [-0.2, -0.15) is 0 Å². The molecule has 2 heterocycles. The van der Waals surface area contributed by atoms with E-state index in [-0.39, 0.29) is 5.38 Å². The van der Waals surface area contributed by atoms with Crippen LogP contribution in [-0.2, 0) is 0 Å². The van der Waals surface area contributed by atoms with Crippen LogP contribution >= 0.6 is 23.2 Å². The lowest BCUT2D eigenvalue weighted by molar-refractivity contribution is 0.221. The molecule has 3 rings (SSSR count). The highest BCUT2D eigenvalue weighted by Crippen LogP contribution is 2.33. The summed E-state index contributed by atoms with van der Waals surface area (Å²) in [7, 11) is 2.17. The van der Waals surface area contributed by atoms with E-state index >= 15 is 0 Å². The summed E-state index contributed by atoms with van der Waals surface area (Å²) in [4.78, 5) is 7.07. The first-order valence-electron chi connectivity index (χ1n) is 7.06. The third-order valence-corrected chi connectivity index (χ3v) is 4.52. The zero-order valence-corrected chi connectivity index (χ0v) is 13.3. The lowest BCUT2D eigenvalue weighted by atomic mass is 10.0. The van der Waals surface area contributed by atoms with Gasteiger partial charge in [0.25, 0.3) is 0 Å². The van der Waals surface area contributed by atoms with Gasteiger partial charge in [0.2, 0.25) is 0 Å². The molecule has 0 bridgehead atoms. The Morgan fingerprint density at radius 2 is 2.00 bits per heavy atom. The van der Waals surface area contributed by atoms with Crippen molar-refractivity contribution in [3.63, 3.8) is 0 Å². The molecule has 0 aliphatic carbocycles. The van der Waals surface area contributed by atoms with Crippen molar-refractivity contribution in [3.05, 3.63) is 29.0 Å². The first-order valence-corrected chi connectivity index (χ1v) is 7.87. The molecule has 0 N–H and O–H groups in total. The number of halogens is 2. The monoisotopic (exact) mass is 311 g/mol. The van der Waals surface area contributed by atoms with Gasteiger partial charge in [-0.05, 0) is 58.1 Å². The van der Waals surface area contributed by atoms with Crippen molar-refractivity contribution in [1.29, 1.82) is 0 Å². The molecule has 1 unspecified atom stereocenters. The Morgan fingerprint density at radius 3 is 2.65 bits per heavy atom. The molecule has 1 saturated heterocycles. The number of aromatic nitrogens is 2. The minimum atomic E-state index is -0.0965. The predicted octanol–water partition coefficient (Wildman–Crippen LogP) is 4.26. The Hall–Kier alpha value is -0.770. The molecule has 0 saturated carbocycles. The number of piperidine rings is 1. The van der Waals surface area contributed by atoms with Crippen LogP contribution in [0.5, 0.6) is 0 Å². The van der Waals surface area contributed by atoms with Gasteiger partial charge in [-0.1, -0.05) is 11.6 Å². The van der Waals surface area contributed by atoms with Crippen LogP contribution in [0.2, 0.25) is 5.02 Å². The Morgan fingerprint density at radius 1 is 1.30 bits per heavy atom. The van der Waals surface area contributed by atoms with E-state index in [9.17, 15) is 0 Å². The molecule has 1 aliphatic rings. The van der Waals surface area contributed by atoms with Crippen molar-refractivity contribution in [2.24, 2.45) is 0 Å². The van der Waals surface area contributed by atoms with Crippen molar-refractivity contribution in [3.8, 4) is 0 Å². The third-order valence-electron chi connectivity index (χ3n) is 4.09. The summed E-state index contributed by atoms with van der Waals surface area (Å²) in [5.41, 5.74) is 2.09. The number of hydrogen-bond donors (Lipinski definition) is 0. The number of benzene rings is 1. The maximum Gasteiger partial charge on any atom is 0.127 e. The summed E-state index contributed by atoms with van der Waals surface area (Å²) in [6.45, 7) is 4.21. The van der Waals surface area contributed by atoms with Gasteiger partial charge in [0.15, 0.2) is 0 Å². The Kier molecular flexibility index (Phi) is 3.93. The number of nitrogens with zero attached hydrogens (tertiary/aromatic N) is 3. The average molecular weight is 312 g/mol. The van der Waals surface area contributed by atoms with Crippen LogP contribution in [0, 0.1) is 0 Å². The second kappa shape index (κ2) is 5.55. The fraction of sp³-hybridized carbons (Fsp3) is 0.533. The van der Waals surface area contributed by atoms with Gasteiger partial charge in [-0.3, -0.25) is 0 Å². The van der Waals surface area contributed by atoms with E-state index in [0.717, 1.165) is 47.8 Å². The standard InChI is InChI=1S/C15H19Cl2N3/c1-10(16)15-18-13-4-3-11(17)9-14(13)20(15)12-5-7-19(2)8-6-12/h3-4,9-10,12H,5-8H2,1-2H3. The van der Waals surface area contributed by atoms with Crippen LogP contribution in [0.3, 0.4) is 0 Å². The average Bonchev–Trinajstić information content (AvgIpc) is 2.78. The smallest absolute Gasteiger partial charge is 0.127 e. The van der Waals surface area contributed by atoms with Crippen LogP contribution < -0.4 is 0 Å². The fourth-order valence-corrected chi connectivity index (χ4v) is 3.32. The number of likely N-dealkylation sites (tertiary alicyclic amines) is 1. The SMILES string of the molecule is CC(Cl)c1nc2ccc(Cl)cc2n1C1CCN(C)CC1. The van der Waals surface area contributed by atoms with Gasteiger partial charge in [-0.25, -0.2) is 4.98 Å². The van der Waals surface area contributed by atoms with Crippen LogP contribution in [0.25, 0.3) is 11.0 Å². The van der Waals surface area contributed by atoms with E-state index in [1.807, 2.05) is 25.1 Å². The van der Waals surface area contributed by atoms with E-state index in [1.165, 1.54) is 0 Å². The van der Waals surface area contributed by atoms with Crippen molar-refractivity contribution >= 4 is 34.2 Å². The topological polar surface area (TPSA) is 21.1 Å². The molecule has 2 aromatic rings. The van der Waals surface area contributed by atoms with E-state index < -0.39 is 0 Å². The van der Waals surface area contributed by atoms with Crippen LogP contribution in [0.1, 0.15) is 37.0 Å². The molecule has 0 spiro atoms. The fourth-order valence-electron chi connectivity index (χ4n) is 3.00. The van der Waals surface area contributed by atoms with E-state index in [4.69, 9.17) is 28.2 Å². The maximum absolute atomic E-state index is 6.34. The summed E-state index contributed by atoms with van der Waals surface area (Å²) < 4.78 is 2.31. The lowest BCUT2D eigenvalue weighted by Crippen LogP contribution is -2.32. The molecule has 1 atom stereocenters. The van der Waals surface area contributed by atoms with E-state index in [1.54, 1.807) is 0 Å². The van der Waals surface area contributed by atoms with Gasteiger partial charge in [0, 0.05) is 11.1 Å². The molecule has 1 aliphatic heterocycles. The number of imidazole rings is 1. The summed E-state index contributed by atoms with van der Waals surface area (Å²) in [6.07, 6.45) is 2.26. The number of alkyl halides is 1. The molecule has 0 radical (unpaired) electrons. The van der Waals surface area contributed by atoms with Crippen LogP contribution in [0.15, 0.2) is 18.2 Å². The lowest BCUT2D eigenvalue weighted by Gasteiger charge is -2.31. The van der Waals surface area contributed by atoms with Crippen LogP contribution in [0.4, 0.5) is 0 Å². The molecule has 5 heteroatoms. The highest BCUT2D eigenvalue weighted by molar-refractivity contribution is 6.31. The van der Waals surface area contributed by atoms with E-state index in [2.05, 4.69) is 16.5 Å². The molecule has 1 aromatic carbocycles. The quantitative estimate of drug-likeness (QED) is 0.773. The van der Waals surface area contributed by atoms with Gasteiger partial charge in [0.05, 0.1) is 16.4 Å².